The number of hydrogen-bond donors (Lipinski definition) is 3. The Labute approximate surface area is 296 Å². The average Bonchev–Trinajstić information content (AvgIpc) is 3.52. The Kier molecular flexibility index (Phi) is 11.1. The van der Waals surface area contributed by atoms with Crippen LogP contribution in [0.3, 0.4) is 0 Å². The molecule has 0 spiro atoms. The SMILES string of the molecule is COc1cc(-c2nccc(-c3cccc(-c4ccc(CNCC5CCC(=O)N5)c(OC)n4)c3Cl)c2Cl)ccc1CNC1CCS(=O)(=O)CC1. The Bertz CT molecular complexity index is 1940. The lowest BCUT2D eigenvalue weighted by atomic mass is 9.99. The van der Waals surface area contributed by atoms with Gasteiger partial charge in [-0.3, -0.25) is 9.78 Å². The van der Waals surface area contributed by atoms with Crippen LogP contribution in [0.2, 0.25) is 10.0 Å². The molecule has 6 rings (SSSR count). The highest BCUT2D eigenvalue weighted by molar-refractivity contribution is 7.91. The molecule has 2 aliphatic heterocycles. The van der Waals surface area contributed by atoms with Gasteiger partial charge in [0.25, 0.3) is 0 Å². The van der Waals surface area contributed by atoms with Crippen molar-refractivity contribution in [2.24, 2.45) is 0 Å². The first-order valence-corrected chi connectivity index (χ1v) is 18.8. The third-order valence-corrected chi connectivity index (χ3v) is 11.6. The molecule has 49 heavy (non-hydrogen) atoms. The molecular weight excluding hydrogens is 685 g/mol. The number of nitrogens with one attached hydrogen (secondary N) is 3. The van der Waals surface area contributed by atoms with Gasteiger partial charge in [-0.1, -0.05) is 59.6 Å². The number of pyridine rings is 2. The number of nitrogens with zero attached hydrogens (tertiary/aromatic N) is 2. The summed E-state index contributed by atoms with van der Waals surface area (Å²) in [6.45, 7) is 1.76. The van der Waals surface area contributed by atoms with Crippen molar-refractivity contribution in [2.75, 3.05) is 32.3 Å². The molecule has 1 amide bonds. The normalized spacial score (nSPS) is 17.6. The molecule has 2 fully saturated rings. The molecule has 2 saturated heterocycles. The molecule has 0 radical (unpaired) electrons. The highest BCUT2D eigenvalue weighted by Crippen LogP contribution is 2.42. The van der Waals surface area contributed by atoms with Crippen molar-refractivity contribution in [1.29, 1.82) is 0 Å². The minimum atomic E-state index is -2.92. The highest BCUT2D eigenvalue weighted by atomic mass is 35.5. The van der Waals surface area contributed by atoms with Gasteiger partial charge < -0.3 is 25.4 Å². The first-order chi connectivity index (χ1) is 23.7. The largest absolute Gasteiger partial charge is 0.496 e. The first kappa shape index (κ1) is 35.1. The highest BCUT2D eigenvalue weighted by Gasteiger charge is 2.24. The van der Waals surface area contributed by atoms with Gasteiger partial charge in [0.1, 0.15) is 15.6 Å². The third-order valence-electron chi connectivity index (χ3n) is 9.07. The number of halogens is 2. The monoisotopic (exact) mass is 723 g/mol. The van der Waals surface area contributed by atoms with E-state index in [1.54, 1.807) is 20.4 Å². The molecule has 4 heterocycles. The van der Waals surface area contributed by atoms with E-state index in [4.69, 9.17) is 37.7 Å². The lowest BCUT2D eigenvalue weighted by Gasteiger charge is -2.23. The summed E-state index contributed by atoms with van der Waals surface area (Å²) in [5, 5.41) is 10.8. The van der Waals surface area contributed by atoms with Crippen LogP contribution in [0, 0.1) is 0 Å². The van der Waals surface area contributed by atoms with E-state index in [1.807, 2.05) is 54.6 Å². The molecule has 4 aromatic rings. The van der Waals surface area contributed by atoms with E-state index >= 15 is 0 Å². The van der Waals surface area contributed by atoms with Crippen LogP contribution in [-0.2, 0) is 27.7 Å². The number of carbonyl (C=O) groups is 1. The smallest absolute Gasteiger partial charge is 0.220 e. The summed E-state index contributed by atoms with van der Waals surface area (Å²) in [4.78, 5) is 20.9. The number of ether oxygens (including phenoxy) is 2. The quantitative estimate of drug-likeness (QED) is 0.165. The summed E-state index contributed by atoms with van der Waals surface area (Å²) >= 11 is 14.1. The van der Waals surface area contributed by atoms with Crippen molar-refractivity contribution in [1.82, 2.24) is 25.9 Å². The molecule has 10 nitrogen and oxygen atoms in total. The van der Waals surface area contributed by atoms with Gasteiger partial charge in [-0.15, -0.1) is 0 Å². The van der Waals surface area contributed by atoms with E-state index in [9.17, 15) is 13.2 Å². The van der Waals surface area contributed by atoms with Crippen LogP contribution in [0.5, 0.6) is 11.6 Å². The molecule has 0 saturated carbocycles. The fourth-order valence-corrected chi connectivity index (χ4v) is 8.46. The van der Waals surface area contributed by atoms with E-state index in [0.717, 1.165) is 39.8 Å². The number of carbonyl (C=O) groups excluding carboxylic acids is 1. The van der Waals surface area contributed by atoms with Gasteiger partial charge in [-0.25, -0.2) is 13.4 Å². The van der Waals surface area contributed by atoms with Crippen molar-refractivity contribution in [2.45, 2.75) is 50.9 Å². The Morgan fingerprint density at radius 3 is 2.39 bits per heavy atom. The number of benzene rings is 2. The predicted molar refractivity (Wildman–Crippen MR) is 193 cm³/mol. The Balaban J connectivity index is 1.21. The van der Waals surface area contributed by atoms with Crippen LogP contribution >= 0.6 is 23.2 Å². The Morgan fingerprint density at radius 1 is 0.898 bits per heavy atom. The molecule has 2 aliphatic rings. The van der Waals surface area contributed by atoms with Gasteiger partial charge in [0.2, 0.25) is 11.8 Å². The van der Waals surface area contributed by atoms with Crippen LogP contribution in [0.25, 0.3) is 33.6 Å². The maximum Gasteiger partial charge on any atom is 0.220 e. The van der Waals surface area contributed by atoms with Crippen LogP contribution < -0.4 is 25.4 Å². The summed E-state index contributed by atoms with van der Waals surface area (Å²) in [7, 11) is 0.293. The van der Waals surface area contributed by atoms with Gasteiger partial charge in [-0.2, -0.15) is 0 Å². The van der Waals surface area contributed by atoms with Gasteiger partial charge in [0, 0.05) is 77.7 Å². The van der Waals surface area contributed by atoms with Gasteiger partial charge in [0.15, 0.2) is 0 Å². The Hall–Kier alpha value is -3.74. The Morgan fingerprint density at radius 2 is 1.65 bits per heavy atom. The molecule has 13 heteroatoms. The zero-order valence-corrected chi connectivity index (χ0v) is 29.7. The molecule has 0 bridgehead atoms. The van der Waals surface area contributed by atoms with Gasteiger partial charge >= 0.3 is 0 Å². The topological polar surface area (TPSA) is 132 Å². The molecular formula is C36H39Cl2N5O5S. The summed E-state index contributed by atoms with van der Waals surface area (Å²) in [6, 6.07) is 17.6. The molecule has 2 aromatic heterocycles. The number of amides is 1. The van der Waals surface area contributed by atoms with Crippen LogP contribution in [-0.4, -0.2) is 68.6 Å². The molecule has 258 valence electrons. The van der Waals surface area contributed by atoms with E-state index < -0.39 is 9.84 Å². The lowest BCUT2D eigenvalue weighted by Crippen LogP contribution is -2.37. The standard InChI is InChI=1S/C36H39Cl2N5O5S/c1-47-31-18-22(6-7-23(31)20-41-25-13-16-49(45,46)17-14-25)35-34(38)28(12-15-40-35)27-4-3-5-29(33(27)37)30-10-8-24(36(43-30)48-2)19-39-21-26-9-11-32(44)42-26/h3-8,10,12,15,18,25-26,39,41H,9,11,13-14,16-17,19-21H2,1-2H3,(H,42,44). The van der Waals surface area contributed by atoms with Crippen molar-refractivity contribution in [3.05, 3.63) is 82.0 Å². The summed E-state index contributed by atoms with van der Waals surface area (Å²) in [5.41, 5.74) is 6.07. The van der Waals surface area contributed by atoms with Crippen LogP contribution in [0.4, 0.5) is 0 Å². The predicted octanol–water partition coefficient (Wildman–Crippen LogP) is 5.84. The van der Waals surface area contributed by atoms with Gasteiger partial charge in [-0.05, 0) is 37.5 Å². The second-order valence-corrected chi connectivity index (χ2v) is 15.4. The van der Waals surface area contributed by atoms with E-state index in [1.165, 1.54) is 0 Å². The molecule has 0 aliphatic carbocycles. The summed E-state index contributed by atoms with van der Waals surface area (Å²) in [5.74, 6) is 1.70. The fourth-order valence-electron chi connectivity index (χ4n) is 6.32. The molecule has 3 N–H and O–H groups in total. The number of rotatable bonds is 12. The lowest BCUT2D eigenvalue weighted by molar-refractivity contribution is -0.119. The maximum absolute atomic E-state index is 11.8. The number of aromatic nitrogens is 2. The van der Waals surface area contributed by atoms with Crippen molar-refractivity contribution in [3.63, 3.8) is 0 Å². The van der Waals surface area contributed by atoms with Crippen molar-refractivity contribution < 1.29 is 22.7 Å². The summed E-state index contributed by atoms with van der Waals surface area (Å²) in [6.07, 6.45) is 4.31. The van der Waals surface area contributed by atoms with Crippen LogP contribution in [0.1, 0.15) is 36.8 Å². The second kappa shape index (κ2) is 15.4. The average molecular weight is 725 g/mol. The molecule has 2 aromatic carbocycles. The number of methoxy groups -OCH3 is 2. The van der Waals surface area contributed by atoms with E-state index in [2.05, 4.69) is 20.9 Å². The molecule has 1 atom stereocenters. The number of sulfone groups is 1. The maximum atomic E-state index is 11.8. The van der Waals surface area contributed by atoms with Gasteiger partial charge in [0.05, 0.1) is 47.2 Å². The fraction of sp³-hybridized carbons (Fsp3) is 0.361. The third kappa shape index (κ3) is 8.19. The van der Waals surface area contributed by atoms with Crippen LogP contribution in [0.15, 0.2) is 60.8 Å². The van der Waals surface area contributed by atoms with E-state index in [0.29, 0.717) is 72.0 Å². The number of hydrogen-bond acceptors (Lipinski definition) is 9. The minimum absolute atomic E-state index is 0.0933. The minimum Gasteiger partial charge on any atom is -0.496 e. The first-order valence-electron chi connectivity index (χ1n) is 16.2. The van der Waals surface area contributed by atoms with E-state index in [-0.39, 0.29) is 29.5 Å². The zero-order chi connectivity index (χ0) is 34.5. The van der Waals surface area contributed by atoms with Crippen molar-refractivity contribution in [3.8, 4) is 45.3 Å². The second-order valence-electron chi connectivity index (χ2n) is 12.3. The zero-order valence-electron chi connectivity index (χ0n) is 27.4. The molecule has 1 unspecified atom stereocenters. The van der Waals surface area contributed by atoms with Crippen molar-refractivity contribution >= 4 is 38.9 Å². The summed E-state index contributed by atoms with van der Waals surface area (Å²) < 4.78 is 35.0.